The van der Waals surface area contributed by atoms with Gasteiger partial charge in [-0.1, -0.05) is 13.8 Å². The first-order chi connectivity index (χ1) is 15.3. The van der Waals surface area contributed by atoms with Crippen LogP contribution in [0.15, 0.2) is 12.1 Å². The highest BCUT2D eigenvalue weighted by atomic mass is 19.1. The number of fused-ring (bicyclic) bond motifs is 1. The van der Waals surface area contributed by atoms with E-state index in [-0.39, 0.29) is 11.7 Å². The number of rotatable bonds is 2. The SMILES string of the molecule is CC1(C)CCc2c(-c3cc(N)nc(F)c3)n[nH]c2C1.O=C(C1CCOCC1)N1CCCC1. The van der Waals surface area contributed by atoms with Gasteiger partial charge in [0.05, 0.1) is 5.69 Å². The van der Waals surface area contributed by atoms with Gasteiger partial charge < -0.3 is 15.4 Å². The molecule has 3 aliphatic rings. The van der Waals surface area contributed by atoms with E-state index in [2.05, 4.69) is 29.0 Å². The third kappa shape index (κ3) is 5.28. The number of aromatic nitrogens is 3. The molecule has 0 atom stereocenters. The smallest absolute Gasteiger partial charge is 0.225 e. The number of halogens is 1. The van der Waals surface area contributed by atoms with Crippen LogP contribution in [0.4, 0.5) is 10.2 Å². The summed E-state index contributed by atoms with van der Waals surface area (Å²) in [5, 5.41) is 7.43. The van der Waals surface area contributed by atoms with Gasteiger partial charge >= 0.3 is 0 Å². The lowest BCUT2D eigenvalue weighted by molar-refractivity contribution is -0.137. The predicted molar refractivity (Wildman–Crippen MR) is 121 cm³/mol. The molecule has 2 aliphatic heterocycles. The fourth-order valence-electron chi connectivity index (χ4n) is 4.88. The molecule has 2 fully saturated rings. The number of nitrogens with zero attached hydrogens (tertiary/aromatic N) is 3. The molecule has 8 heteroatoms. The van der Waals surface area contributed by atoms with Gasteiger partial charge in [-0.05, 0) is 56.4 Å². The first kappa shape index (κ1) is 22.7. The number of nitrogen functional groups attached to an aromatic ring is 1. The molecule has 0 radical (unpaired) electrons. The highest BCUT2D eigenvalue weighted by molar-refractivity contribution is 5.79. The summed E-state index contributed by atoms with van der Waals surface area (Å²) in [7, 11) is 0. The normalized spacial score (nSPS) is 20.4. The van der Waals surface area contributed by atoms with Gasteiger partial charge in [-0.2, -0.15) is 9.49 Å². The number of nitrogens with two attached hydrogens (primary N) is 1. The zero-order valence-corrected chi connectivity index (χ0v) is 19.1. The summed E-state index contributed by atoms with van der Waals surface area (Å²) in [6, 6.07) is 3.05. The minimum atomic E-state index is -0.567. The molecule has 2 aromatic rings. The molecule has 3 N–H and O–H groups in total. The molecule has 2 saturated heterocycles. The maximum Gasteiger partial charge on any atom is 0.225 e. The summed E-state index contributed by atoms with van der Waals surface area (Å²) in [5.41, 5.74) is 9.73. The van der Waals surface area contributed by atoms with Gasteiger partial charge in [0.15, 0.2) is 0 Å². The number of amides is 1. The second kappa shape index (κ2) is 9.57. The maximum atomic E-state index is 13.3. The van der Waals surface area contributed by atoms with Crippen molar-refractivity contribution in [1.29, 1.82) is 0 Å². The summed E-state index contributed by atoms with van der Waals surface area (Å²) in [6.45, 7) is 8.00. The van der Waals surface area contributed by atoms with E-state index < -0.39 is 5.95 Å². The number of ether oxygens (including phenoxy) is 1. The Morgan fingerprint density at radius 2 is 1.97 bits per heavy atom. The third-order valence-electron chi connectivity index (χ3n) is 6.74. The van der Waals surface area contributed by atoms with Gasteiger partial charge in [-0.25, -0.2) is 4.98 Å². The molecule has 0 unspecified atom stereocenters. The molecule has 32 heavy (non-hydrogen) atoms. The number of pyridine rings is 1. The van der Waals surface area contributed by atoms with Gasteiger partial charge in [0.25, 0.3) is 0 Å². The van der Waals surface area contributed by atoms with E-state index in [9.17, 15) is 9.18 Å². The molecular formula is C24H34FN5O2. The van der Waals surface area contributed by atoms with Crippen molar-refractivity contribution in [3.05, 3.63) is 29.3 Å². The van der Waals surface area contributed by atoms with Crippen molar-refractivity contribution in [3.63, 3.8) is 0 Å². The fourth-order valence-corrected chi connectivity index (χ4v) is 4.88. The second-order valence-electron chi connectivity index (χ2n) is 9.89. The summed E-state index contributed by atoms with van der Waals surface area (Å²) in [4.78, 5) is 17.4. The molecule has 174 valence electrons. The van der Waals surface area contributed by atoms with Gasteiger partial charge in [0.2, 0.25) is 11.9 Å². The molecular weight excluding hydrogens is 409 g/mol. The lowest BCUT2D eigenvalue weighted by Gasteiger charge is -2.29. The number of H-pyrrole nitrogens is 1. The molecule has 0 saturated carbocycles. The van der Waals surface area contributed by atoms with Crippen LogP contribution >= 0.6 is 0 Å². The van der Waals surface area contributed by atoms with Crippen molar-refractivity contribution in [2.75, 3.05) is 32.0 Å². The van der Waals surface area contributed by atoms with Crippen LogP contribution in [0, 0.1) is 17.3 Å². The lowest BCUT2D eigenvalue weighted by atomic mass is 9.76. The zero-order valence-electron chi connectivity index (χ0n) is 19.1. The van der Waals surface area contributed by atoms with Crippen LogP contribution in [0.25, 0.3) is 11.3 Å². The first-order valence-corrected chi connectivity index (χ1v) is 11.7. The van der Waals surface area contributed by atoms with E-state index in [1.165, 1.54) is 24.5 Å². The minimum Gasteiger partial charge on any atom is -0.384 e. The predicted octanol–water partition coefficient (Wildman–Crippen LogP) is 3.74. The van der Waals surface area contributed by atoms with Crippen molar-refractivity contribution in [3.8, 4) is 11.3 Å². The number of aromatic amines is 1. The summed E-state index contributed by atoms with van der Waals surface area (Å²) >= 11 is 0. The monoisotopic (exact) mass is 443 g/mol. The summed E-state index contributed by atoms with van der Waals surface area (Å²) in [6.07, 6.45) is 7.26. The van der Waals surface area contributed by atoms with Crippen molar-refractivity contribution in [2.24, 2.45) is 11.3 Å². The van der Waals surface area contributed by atoms with E-state index >= 15 is 0 Å². The Bertz CT molecular complexity index is 926. The molecule has 2 aromatic heterocycles. The number of hydrogen-bond donors (Lipinski definition) is 2. The van der Waals surface area contributed by atoms with Gasteiger partial charge in [-0.3, -0.25) is 9.89 Å². The zero-order chi connectivity index (χ0) is 22.7. The van der Waals surface area contributed by atoms with Gasteiger partial charge in [0, 0.05) is 55.1 Å². The van der Waals surface area contributed by atoms with Crippen LogP contribution in [0.3, 0.4) is 0 Å². The Morgan fingerprint density at radius 3 is 2.66 bits per heavy atom. The average molecular weight is 444 g/mol. The Balaban J connectivity index is 0.000000165. The van der Waals surface area contributed by atoms with Crippen LogP contribution in [-0.4, -0.2) is 52.3 Å². The van der Waals surface area contributed by atoms with Crippen LogP contribution in [0.2, 0.25) is 0 Å². The second-order valence-corrected chi connectivity index (χ2v) is 9.89. The van der Waals surface area contributed by atoms with Crippen molar-refractivity contribution >= 4 is 11.7 Å². The molecule has 5 rings (SSSR count). The molecule has 4 heterocycles. The van der Waals surface area contributed by atoms with E-state index in [0.29, 0.717) is 16.9 Å². The topological polar surface area (TPSA) is 97.1 Å². The summed E-state index contributed by atoms with van der Waals surface area (Å²) < 4.78 is 18.6. The largest absolute Gasteiger partial charge is 0.384 e. The van der Waals surface area contributed by atoms with Crippen molar-refractivity contribution < 1.29 is 13.9 Å². The average Bonchev–Trinajstić information content (AvgIpc) is 3.43. The quantitative estimate of drug-likeness (QED) is 0.689. The molecule has 1 amide bonds. The van der Waals surface area contributed by atoms with E-state index in [4.69, 9.17) is 10.5 Å². The summed E-state index contributed by atoms with van der Waals surface area (Å²) in [5.74, 6) is 0.249. The number of hydrogen-bond acceptors (Lipinski definition) is 5. The van der Waals surface area contributed by atoms with E-state index in [1.54, 1.807) is 6.07 Å². The third-order valence-corrected chi connectivity index (χ3v) is 6.74. The number of nitrogens with one attached hydrogen (secondary N) is 1. The first-order valence-electron chi connectivity index (χ1n) is 11.7. The Labute approximate surface area is 188 Å². The molecule has 0 aromatic carbocycles. The number of likely N-dealkylation sites (tertiary alicyclic amines) is 1. The van der Waals surface area contributed by atoms with Crippen molar-refractivity contribution in [2.45, 2.75) is 58.8 Å². The Kier molecular flexibility index (Phi) is 6.79. The number of carbonyl (C=O) groups excluding carboxylic acids is 1. The molecule has 0 spiro atoms. The highest BCUT2D eigenvalue weighted by Gasteiger charge is 2.29. The number of anilines is 1. The van der Waals surface area contributed by atoms with E-state index in [1.807, 2.05) is 4.90 Å². The van der Waals surface area contributed by atoms with Crippen LogP contribution in [0.1, 0.15) is 57.2 Å². The highest BCUT2D eigenvalue weighted by Crippen LogP contribution is 2.37. The van der Waals surface area contributed by atoms with Gasteiger partial charge in [0.1, 0.15) is 5.82 Å². The molecule has 1 aliphatic carbocycles. The van der Waals surface area contributed by atoms with Crippen molar-refractivity contribution in [1.82, 2.24) is 20.1 Å². The Hall–Kier alpha value is -2.48. The maximum absolute atomic E-state index is 13.3. The van der Waals surface area contributed by atoms with Crippen LogP contribution in [-0.2, 0) is 22.4 Å². The van der Waals surface area contributed by atoms with Crippen LogP contribution < -0.4 is 5.73 Å². The van der Waals surface area contributed by atoms with Crippen LogP contribution in [0.5, 0.6) is 0 Å². The standard InChI is InChI=1S/C14H17FN4.C10H17NO2/c1-14(2)4-3-9-10(7-14)18-19-13(9)8-5-11(15)17-12(16)6-8;12-10(11-5-1-2-6-11)9-3-7-13-8-4-9/h5-6H,3-4,7H2,1-2H3,(H2,16,17)(H,18,19);9H,1-8H2. The van der Waals surface area contributed by atoms with E-state index in [0.717, 1.165) is 69.8 Å². The fraction of sp³-hybridized carbons (Fsp3) is 0.625. The molecule has 7 nitrogen and oxygen atoms in total. The minimum absolute atomic E-state index is 0.183. The lowest BCUT2D eigenvalue weighted by Crippen LogP contribution is -2.36. The Morgan fingerprint density at radius 1 is 1.25 bits per heavy atom. The van der Waals surface area contributed by atoms with Gasteiger partial charge in [-0.15, -0.1) is 0 Å². The number of carbonyl (C=O) groups is 1. The molecule has 0 bridgehead atoms.